The molecule has 0 aliphatic carbocycles. The van der Waals surface area contributed by atoms with Gasteiger partial charge in [-0.05, 0) is 36.8 Å². The van der Waals surface area contributed by atoms with Crippen molar-refractivity contribution in [2.24, 2.45) is 0 Å². The quantitative estimate of drug-likeness (QED) is 0.511. The van der Waals surface area contributed by atoms with Gasteiger partial charge in [0.1, 0.15) is 11.3 Å². The first-order valence-electron chi connectivity index (χ1n) is 6.77. The Balaban J connectivity index is 1.76. The van der Waals surface area contributed by atoms with E-state index in [9.17, 15) is 4.79 Å². The highest BCUT2D eigenvalue weighted by Crippen LogP contribution is 2.32. The van der Waals surface area contributed by atoms with E-state index in [1.165, 1.54) is 17.4 Å². The Kier molecular flexibility index (Phi) is 2.94. The fraction of sp³-hybridized carbons (Fsp3) is 0.0588. The molecule has 0 aliphatic rings. The summed E-state index contributed by atoms with van der Waals surface area (Å²) in [5.41, 5.74) is 1.95. The Morgan fingerprint density at radius 3 is 2.86 bits per heavy atom. The van der Waals surface area contributed by atoms with Crippen molar-refractivity contribution in [3.63, 3.8) is 0 Å². The number of aromatic nitrogens is 1. The summed E-state index contributed by atoms with van der Waals surface area (Å²) < 4.78 is 12.1. The molecule has 4 aromatic rings. The van der Waals surface area contributed by atoms with Crippen molar-refractivity contribution in [1.29, 1.82) is 0 Å². The number of fused-ring (bicyclic) bond motifs is 2. The largest absolute Gasteiger partial charge is 0.431 e. The molecular weight excluding hydrogens is 298 g/mol. The van der Waals surface area contributed by atoms with E-state index in [-0.39, 0.29) is 5.63 Å². The van der Waals surface area contributed by atoms with Crippen molar-refractivity contribution in [1.82, 2.24) is 4.98 Å². The SMILES string of the molecule is Cc1cc(=O)oc2cc(Oc3nc4ccccc4s3)ccc12. The van der Waals surface area contributed by atoms with Crippen LogP contribution < -0.4 is 10.4 Å². The van der Waals surface area contributed by atoms with Gasteiger partial charge in [0.15, 0.2) is 0 Å². The van der Waals surface area contributed by atoms with Crippen LogP contribution in [0.1, 0.15) is 5.56 Å². The highest BCUT2D eigenvalue weighted by molar-refractivity contribution is 7.20. The van der Waals surface area contributed by atoms with Gasteiger partial charge >= 0.3 is 5.63 Å². The molecule has 0 fully saturated rings. The zero-order valence-electron chi connectivity index (χ0n) is 11.7. The molecule has 0 aliphatic heterocycles. The number of aryl methyl sites for hydroxylation is 1. The number of thiazole rings is 1. The smallest absolute Gasteiger partial charge is 0.336 e. The van der Waals surface area contributed by atoms with Crippen molar-refractivity contribution in [2.75, 3.05) is 0 Å². The van der Waals surface area contributed by atoms with Gasteiger partial charge in [-0.25, -0.2) is 9.78 Å². The summed E-state index contributed by atoms with van der Waals surface area (Å²) >= 11 is 1.48. The molecule has 0 saturated carbocycles. The number of rotatable bonds is 2. The van der Waals surface area contributed by atoms with Gasteiger partial charge in [0, 0.05) is 17.5 Å². The summed E-state index contributed by atoms with van der Waals surface area (Å²) in [6.45, 7) is 1.88. The van der Waals surface area contributed by atoms with Crippen LogP contribution in [0.25, 0.3) is 21.2 Å². The summed E-state index contributed by atoms with van der Waals surface area (Å²) in [6, 6.07) is 14.8. The zero-order valence-corrected chi connectivity index (χ0v) is 12.5. The first-order valence-corrected chi connectivity index (χ1v) is 7.59. The van der Waals surface area contributed by atoms with Gasteiger partial charge in [0.2, 0.25) is 0 Å². The van der Waals surface area contributed by atoms with Crippen molar-refractivity contribution in [3.8, 4) is 10.9 Å². The molecule has 0 radical (unpaired) electrons. The highest BCUT2D eigenvalue weighted by Gasteiger charge is 2.08. The highest BCUT2D eigenvalue weighted by atomic mass is 32.1. The Morgan fingerprint density at radius 1 is 1.14 bits per heavy atom. The van der Waals surface area contributed by atoms with Crippen LogP contribution in [-0.2, 0) is 0 Å². The van der Waals surface area contributed by atoms with Crippen LogP contribution in [0.3, 0.4) is 0 Å². The fourth-order valence-corrected chi connectivity index (χ4v) is 3.20. The molecule has 0 amide bonds. The standard InChI is InChI=1S/C17H11NO3S/c1-10-8-16(19)21-14-9-11(6-7-12(10)14)20-17-18-13-4-2-3-5-15(13)22-17/h2-9H,1H3. The van der Waals surface area contributed by atoms with Crippen LogP contribution in [-0.4, -0.2) is 4.98 Å². The number of benzene rings is 2. The topological polar surface area (TPSA) is 52.3 Å². The molecule has 0 unspecified atom stereocenters. The van der Waals surface area contributed by atoms with Crippen LogP contribution in [0.2, 0.25) is 0 Å². The van der Waals surface area contributed by atoms with E-state index in [2.05, 4.69) is 4.98 Å². The molecule has 5 heteroatoms. The normalized spacial score (nSPS) is 11.1. The molecule has 0 atom stereocenters. The van der Waals surface area contributed by atoms with E-state index in [4.69, 9.17) is 9.15 Å². The first-order chi connectivity index (χ1) is 10.7. The number of nitrogens with zero attached hydrogens (tertiary/aromatic N) is 1. The van der Waals surface area contributed by atoms with E-state index >= 15 is 0 Å². The summed E-state index contributed by atoms with van der Waals surface area (Å²) in [7, 11) is 0. The Hall–Kier alpha value is -2.66. The summed E-state index contributed by atoms with van der Waals surface area (Å²) in [6.07, 6.45) is 0. The lowest BCUT2D eigenvalue weighted by atomic mass is 10.1. The second-order valence-corrected chi connectivity index (χ2v) is 5.95. The minimum Gasteiger partial charge on any atom is -0.431 e. The molecule has 2 heterocycles. The van der Waals surface area contributed by atoms with Gasteiger partial charge in [-0.3, -0.25) is 0 Å². The molecule has 0 spiro atoms. The lowest BCUT2D eigenvalue weighted by Gasteiger charge is -2.04. The van der Waals surface area contributed by atoms with Gasteiger partial charge in [0.25, 0.3) is 5.19 Å². The molecule has 2 aromatic carbocycles. The van der Waals surface area contributed by atoms with Crippen LogP contribution in [0, 0.1) is 6.92 Å². The number of hydrogen-bond acceptors (Lipinski definition) is 5. The average Bonchev–Trinajstić information content (AvgIpc) is 2.88. The van der Waals surface area contributed by atoms with Crippen LogP contribution in [0.5, 0.6) is 10.9 Å². The third-order valence-electron chi connectivity index (χ3n) is 3.40. The van der Waals surface area contributed by atoms with E-state index in [0.717, 1.165) is 21.2 Å². The third kappa shape index (κ3) is 2.25. The van der Waals surface area contributed by atoms with Crippen molar-refractivity contribution >= 4 is 32.5 Å². The summed E-state index contributed by atoms with van der Waals surface area (Å²) in [5.74, 6) is 0.598. The van der Waals surface area contributed by atoms with E-state index in [0.29, 0.717) is 16.5 Å². The molecule has 0 bridgehead atoms. The number of hydrogen-bond donors (Lipinski definition) is 0. The lowest BCUT2D eigenvalue weighted by Crippen LogP contribution is -1.97. The second-order valence-electron chi connectivity index (χ2n) is 4.96. The van der Waals surface area contributed by atoms with Gasteiger partial charge in [-0.2, -0.15) is 0 Å². The Morgan fingerprint density at radius 2 is 2.00 bits per heavy atom. The van der Waals surface area contributed by atoms with E-state index in [1.807, 2.05) is 43.3 Å². The molecule has 2 aromatic heterocycles. The van der Waals surface area contributed by atoms with Gasteiger partial charge < -0.3 is 9.15 Å². The lowest BCUT2D eigenvalue weighted by molar-refractivity contribution is 0.478. The molecule has 4 nitrogen and oxygen atoms in total. The van der Waals surface area contributed by atoms with Crippen LogP contribution in [0.4, 0.5) is 0 Å². The van der Waals surface area contributed by atoms with Gasteiger partial charge in [-0.15, -0.1) is 0 Å². The molecule has 108 valence electrons. The maximum Gasteiger partial charge on any atom is 0.336 e. The van der Waals surface area contributed by atoms with Gasteiger partial charge in [0.05, 0.1) is 10.2 Å². The minimum atomic E-state index is -0.359. The third-order valence-corrected chi connectivity index (χ3v) is 4.32. The Labute approximate surface area is 129 Å². The van der Waals surface area contributed by atoms with Crippen LogP contribution >= 0.6 is 11.3 Å². The summed E-state index contributed by atoms with van der Waals surface area (Å²) in [5, 5.41) is 1.46. The zero-order chi connectivity index (χ0) is 15.1. The fourth-order valence-electron chi connectivity index (χ4n) is 2.36. The Bertz CT molecular complexity index is 1020. The number of ether oxygens (including phenoxy) is 1. The monoisotopic (exact) mass is 309 g/mol. The maximum atomic E-state index is 11.5. The maximum absolute atomic E-state index is 11.5. The number of para-hydroxylation sites is 1. The van der Waals surface area contributed by atoms with Crippen molar-refractivity contribution in [2.45, 2.75) is 6.92 Å². The first kappa shape index (κ1) is 13.0. The second kappa shape index (κ2) is 4.96. The van der Waals surface area contributed by atoms with E-state index < -0.39 is 0 Å². The van der Waals surface area contributed by atoms with Crippen molar-refractivity contribution in [3.05, 3.63) is 64.5 Å². The molecule has 0 saturated heterocycles. The predicted octanol–water partition coefficient (Wildman–Crippen LogP) is 4.50. The summed E-state index contributed by atoms with van der Waals surface area (Å²) in [4.78, 5) is 15.9. The molecule has 0 N–H and O–H groups in total. The van der Waals surface area contributed by atoms with Gasteiger partial charge in [-0.1, -0.05) is 23.5 Å². The molecule has 4 rings (SSSR count). The average molecular weight is 309 g/mol. The van der Waals surface area contributed by atoms with E-state index in [1.54, 1.807) is 6.07 Å². The van der Waals surface area contributed by atoms with Crippen LogP contribution in [0.15, 0.2) is 57.7 Å². The predicted molar refractivity (Wildman–Crippen MR) is 86.9 cm³/mol. The minimum absolute atomic E-state index is 0.359. The van der Waals surface area contributed by atoms with Crippen molar-refractivity contribution < 1.29 is 9.15 Å². The molecule has 22 heavy (non-hydrogen) atoms. The molecular formula is C17H11NO3S.